The standard InChI is InChI=1S/C12H19NOS/c1-2-3-12-13-11(8-15-12)9-4-6-10(14)7-5-9/h8-10,14H,2-7H2,1H3. The molecule has 0 aliphatic heterocycles. The molecule has 0 aromatic carbocycles. The van der Waals surface area contributed by atoms with Gasteiger partial charge in [0.05, 0.1) is 16.8 Å². The first kappa shape index (κ1) is 11.1. The first-order valence-electron chi connectivity index (χ1n) is 5.92. The molecule has 2 rings (SSSR count). The fourth-order valence-electron chi connectivity index (χ4n) is 2.21. The Bertz CT molecular complexity index is 302. The summed E-state index contributed by atoms with van der Waals surface area (Å²) in [5.41, 5.74) is 1.27. The Morgan fingerprint density at radius 3 is 2.80 bits per heavy atom. The SMILES string of the molecule is CCCc1nc(C2CCC(O)CC2)cs1. The molecule has 0 bridgehead atoms. The Morgan fingerprint density at radius 2 is 2.13 bits per heavy atom. The van der Waals surface area contributed by atoms with Gasteiger partial charge in [-0.15, -0.1) is 11.3 Å². The van der Waals surface area contributed by atoms with E-state index in [1.54, 1.807) is 11.3 Å². The van der Waals surface area contributed by atoms with Gasteiger partial charge in [0.1, 0.15) is 0 Å². The van der Waals surface area contributed by atoms with Crippen molar-refractivity contribution in [3.8, 4) is 0 Å². The third kappa shape index (κ3) is 2.79. The van der Waals surface area contributed by atoms with Crippen LogP contribution in [-0.2, 0) is 6.42 Å². The maximum Gasteiger partial charge on any atom is 0.0928 e. The third-order valence-electron chi connectivity index (χ3n) is 3.15. The lowest BCUT2D eigenvalue weighted by Gasteiger charge is -2.23. The highest BCUT2D eigenvalue weighted by Gasteiger charge is 2.22. The second-order valence-electron chi connectivity index (χ2n) is 4.42. The molecule has 0 saturated heterocycles. The first-order chi connectivity index (χ1) is 7.29. The van der Waals surface area contributed by atoms with Crippen LogP contribution in [0.25, 0.3) is 0 Å². The normalized spacial score (nSPS) is 26.8. The molecule has 1 aromatic heterocycles. The van der Waals surface area contributed by atoms with Crippen LogP contribution in [0.1, 0.15) is 55.6 Å². The average molecular weight is 225 g/mol. The molecule has 0 amide bonds. The molecule has 3 heteroatoms. The molecule has 0 unspecified atom stereocenters. The fraction of sp³-hybridized carbons (Fsp3) is 0.750. The molecule has 1 aliphatic rings. The van der Waals surface area contributed by atoms with Crippen LogP contribution in [0.15, 0.2) is 5.38 Å². The predicted molar refractivity (Wildman–Crippen MR) is 63.3 cm³/mol. The molecule has 0 spiro atoms. The van der Waals surface area contributed by atoms with Crippen LogP contribution in [0.2, 0.25) is 0 Å². The van der Waals surface area contributed by atoms with Gasteiger partial charge in [-0.3, -0.25) is 0 Å². The maximum absolute atomic E-state index is 9.45. The van der Waals surface area contributed by atoms with Gasteiger partial charge in [0.2, 0.25) is 0 Å². The summed E-state index contributed by atoms with van der Waals surface area (Å²) >= 11 is 1.79. The monoisotopic (exact) mass is 225 g/mol. The quantitative estimate of drug-likeness (QED) is 0.857. The Hall–Kier alpha value is -0.410. The third-order valence-corrected chi connectivity index (χ3v) is 4.08. The summed E-state index contributed by atoms with van der Waals surface area (Å²) in [5.74, 6) is 0.607. The van der Waals surface area contributed by atoms with Crippen LogP contribution in [-0.4, -0.2) is 16.2 Å². The van der Waals surface area contributed by atoms with Crippen molar-refractivity contribution in [1.29, 1.82) is 0 Å². The zero-order valence-corrected chi connectivity index (χ0v) is 10.1. The predicted octanol–water partition coefficient (Wildman–Crippen LogP) is 3.11. The van der Waals surface area contributed by atoms with Crippen molar-refractivity contribution in [3.05, 3.63) is 16.1 Å². The second kappa shape index (κ2) is 5.08. The first-order valence-corrected chi connectivity index (χ1v) is 6.80. The molecule has 1 aromatic rings. The van der Waals surface area contributed by atoms with Gasteiger partial charge in [0, 0.05) is 11.3 Å². The van der Waals surface area contributed by atoms with E-state index in [-0.39, 0.29) is 6.10 Å². The zero-order valence-electron chi connectivity index (χ0n) is 9.28. The maximum atomic E-state index is 9.45. The zero-order chi connectivity index (χ0) is 10.7. The van der Waals surface area contributed by atoms with Gasteiger partial charge in [-0.05, 0) is 38.5 Å². The summed E-state index contributed by atoms with van der Waals surface area (Å²) in [6, 6.07) is 0. The van der Waals surface area contributed by atoms with Crippen molar-refractivity contribution in [3.63, 3.8) is 0 Å². The summed E-state index contributed by atoms with van der Waals surface area (Å²) in [6.07, 6.45) is 6.34. The van der Waals surface area contributed by atoms with E-state index in [4.69, 9.17) is 0 Å². The Labute approximate surface area is 95.4 Å². The number of thiazole rings is 1. The van der Waals surface area contributed by atoms with Crippen LogP contribution in [0.5, 0.6) is 0 Å². The van der Waals surface area contributed by atoms with Crippen LogP contribution in [0, 0.1) is 0 Å². The van der Waals surface area contributed by atoms with Gasteiger partial charge in [0.25, 0.3) is 0 Å². The minimum Gasteiger partial charge on any atom is -0.393 e. The molecule has 0 atom stereocenters. The average Bonchev–Trinajstić information content (AvgIpc) is 2.68. The summed E-state index contributed by atoms with van der Waals surface area (Å²) < 4.78 is 0. The van der Waals surface area contributed by atoms with E-state index in [0.29, 0.717) is 5.92 Å². The summed E-state index contributed by atoms with van der Waals surface area (Å²) in [7, 11) is 0. The van der Waals surface area contributed by atoms with E-state index in [1.807, 2.05) is 0 Å². The lowest BCUT2D eigenvalue weighted by atomic mass is 9.86. The van der Waals surface area contributed by atoms with Crippen molar-refractivity contribution in [2.45, 2.75) is 57.5 Å². The number of hydrogen-bond donors (Lipinski definition) is 1. The number of nitrogens with zero attached hydrogens (tertiary/aromatic N) is 1. The smallest absolute Gasteiger partial charge is 0.0928 e. The molecule has 1 N–H and O–H groups in total. The molecule has 15 heavy (non-hydrogen) atoms. The highest BCUT2D eigenvalue weighted by Crippen LogP contribution is 2.33. The van der Waals surface area contributed by atoms with Crippen molar-refractivity contribution < 1.29 is 5.11 Å². The Morgan fingerprint density at radius 1 is 1.40 bits per heavy atom. The van der Waals surface area contributed by atoms with E-state index < -0.39 is 0 Å². The molecule has 1 aliphatic carbocycles. The molecule has 2 nitrogen and oxygen atoms in total. The number of rotatable bonds is 3. The minimum atomic E-state index is -0.0602. The molecule has 0 radical (unpaired) electrons. The van der Waals surface area contributed by atoms with Gasteiger partial charge >= 0.3 is 0 Å². The van der Waals surface area contributed by atoms with Gasteiger partial charge in [-0.2, -0.15) is 0 Å². The number of aliphatic hydroxyl groups excluding tert-OH is 1. The van der Waals surface area contributed by atoms with Crippen molar-refractivity contribution in [2.75, 3.05) is 0 Å². The number of hydrogen-bond acceptors (Lipinski definition) is 3. The van der Waals surface area contributed by atoms with Crippen LogP contribution in [0.3, 0.4) is 0 Å². The summed E-state index contributed by atoms with van der Waals surface area (Å²) in [5, 5.41) is 12.9. The van der Waals surface area contributed by atoms with E-state index in [0.717, 1.165) is 32.1 Å². The van der Waals surface area contributed by atoms with Gasteiger partial charge in [-0.25, -0.2) is 4.98 Å². The van der Waals surface area contributed by atoms with Crippen molar-refractivity contribution in [1.82, 2.24) is 4.98 Å². The Kier molecular flexibility index (Phi) is 3.76. The lowest BCUT2D eigenvalue weighted by molar-refractivity contribution is 0.122. The van der Waals surface area contributed by atoms with E-state index in [2.05, 4.69) is 17.3 Å². The second-order valence-corrected chi connectivity index (χ2v) is 5.36. The number of aryl methyl sites for hydroxylation is 1. The largest absolute Gasteiger partial charge is 0.393 e. The fourth-order valence-corrected chi connectivity index (χ4v) is 3.19. The molecular formula is C12H19NOS. The number of aliphatic hydroxyl groups is 1. The van der Waals surface area contributed by atoms with Crippen LogP contribution < -0.4 is 0 Å². The minimum absolute atomic E-state index is 0.0602. The van der Waals surface area contributed by atoms with Gasteiger partial charge in [-0.1, -0.05) is 6.92 Å². The van der Waals surface area contributed by atoms with Gasteiger partial charge in [0.15, 0.2) is 0 Å². The van der Waals surface area contributed by atoms with Crippen molar-refractivity contribution in [2.24, 2.45) is 0 Å². The van der Waals surface area contributed by atoms with E-state index >= 15 is 0 Å². The van der Waals surface area contributed by atoms with Crippen molar-refractivity contribution >= 4 is 11.3 Å². The summed E-state index contributed by atoms with van der Waals surface area (Å²) in [4.78, 5) is 4.69. The van der Waals surface area contributed by atoms with Gasteiger partial charge < -0.3 is 5.11 Å². The molecule has 84 valence electrons. The summed E-state index contributed by atoms with van der Waals surface area (Å²) in [6.45, 7) is 2.19. The van der Waals surface area contributed by atoms with E-state index in [1.165, 1.54) is 17.1 Å². The molecule has 1 saturated carbocycles. The van der Waals surface area contributed by atoms with E-state index in [9.17, 15) is 5.11 Å². The molecule has 1 heterocycles. The molecule has 1 fully saturated rings. The Balaban J connectivity index is 1.96. The van der Waals surface area contributed by atoms with Crippen LogP contribution >= 0.6 is 11.3 Å². The lowest BCUT2D eigenvalue weighted by Crippen LogP contribution is -2.17. The number of aromatic nitrogens is 1. The van der Waals surface area contributed by atoms with Crippen LogP contribution in [0.4, 0.5) is 0 Å². The highest BCUT2D eigenvalue weighted by atomic mass is 32.1. The highest BCUT2D eigenvalue weighted by molar-refractivity contribution is 7.09. The topological polar surface area (TPSA) is 33.1 Å². The molecular weight excluding hydrogens is 206 g/mol.